The lowest BCUT2D eigenvalue weighted by Crippen LogP contribution is -2.27. The Morgan fingerprint density at radius 1 is 0.805 bits per heavy atom. The summed E-state index contributed by atoms with van der Waals surface area (Å²) in [5.41, 5.74) is 2.28. The van der Waals surface area contributed by atoms with E-state index in [9.17, 15) is 8.78 Å². The summed E-state index contributed by atoms with van der Waals surface area (Å²) in [7, 11) is 0. The fraction of sp³-hybridized carbons (Fsp3) is 0.429. The fourth-order valence-electron chi connectivity index (χ4n) is 5.10. The Kier molecular flexibility index (Phi) is 11.9. The summed E-state index contributed by atoms with van der Waals surface area (Å²) in [6.07, 6.45) is 11.0. The maximum atomic E-state index is 15.1. The minimum Gasteiger partial charge on any atom is -0.490 e. The Balaban J connectivity index is 1.34. The van der Waals surface area contributed by atoms with E-state index in [4.69, 9.17) is 14.2 Å². The molecule has 0 amide bonds. The first-order chi connectivity index (χ1) is 20.0. The highest BCUT2D eigenvalue weighted by Gasteiger charge is 2.24. The van der Waals surface area contributed by atoms with Crippen molar-refractivity contribution in [3.63, 3.8) is 0 Å². The van der Waals surface area contributed by atoms with Gasteiger partial charge in [-0.25, -0.2) is 8.78 Å². The molecule has 0 aliphatic carbocycles. The quantitative estimate of drug-likeness (QED) is 0.135. The van der Waals surface area contributed by atoms with Crippen LogP contribution in [0.5, 0.6) is 5.75 Å². The molecular formula is C35H41F3O3. The zero-order chi connectivity index (χ0) is 29.0. The van der Waals surface area contributed by atoms with E-state index in [1.807, 2.05) is 6.08 Å². The summed E-state index contributed by atoms with van der Waals surface area (Å²) in [4.78, 5) is 0. The largest absolute Gasteiger partial charge is 0.490 e. The number of hydrogen-bond donors (Lipinski definition) is 0. The molecule has 0 radical (unpaired) electrons. The molecule has 0 N–H and O–H groups in total. The van der Waals surface area contributed by atoms with E-state index < -0.39 is 23.7 Å². The molecule has 41 heavy (non-hydrogen) atoms. The Morgan fingerprint density at radius 2 is 1.44 bits per heavy atom. The summed E-state index contributed by atoms with van der Waals surface area (Å²) in [6.45, 7) is 7.41. The minimum atomic E-state index is -0.990. The molecule has 3 aromatic rings. The third-order valence-corrected chi connectivity index (χ3v) is 7.57. The van der Waals surface area contributed by atoms with Crippen molar-refractivity contribution >= 4 is 0 Å². The van der Waals surface area contributed by atoms with Gasteiger partial charge in [-0.1, -0.05) is 87.9 Å². The van der Waals surface area contributed by atoms with Crippen molar-refractivity contribution < 1.29 is 27.4 Å². The second-order valence-electron chi connectivity index (χ2n) is 10.8. The molecule has 0 bridgehead atoms. The number of hydrogen-bond acceptors (Lipinski definition) is 3. The van der Waals surface area contributed by atoms with Crippen LogP contribution in [0.1, 0.15) is 76.6 Å². The van der Waals surface area contributed by atoms with Crippen molar-refractivity contribution in [2.45, 2.75) is 71.0 Å². The van der Waals surface area contributed by atoms with E-state index in [0.29, 0.717) is 48.0 Å². The van der Waals surface area contributed by atoms with Gasteiger partial charge >= 0.3 is 0 Å². The number of rotatable bonds is 15. The van der Waals surface area contributed by atoms with Gasteiger partial charge in [0.05, 0.1) is 19.8 Å². The summed E-state index contributed by atoms with van der Waals surface area (Å²) >= 11 is 0. The van der Waals surface area contributed by atoms with Crippen molar-refractivity contribution in [3.05, 3.63) is 90.3 Å². The van der Waals surface area contributed by atoms with Crippen LogP contribution < -0.4 is 4.74 Å². The maximum absolute atomic E-state index is 15.1. The van der Waals surface area contributed by atoms with Crippen LogP contribution in [0.3, 0.4) is 0 Å². The van der Waals surface area contributed by atoms with E-state index in [-0.39, 0.29) is 11.3 Å². The molecule has 1 aliphatic rings. The first-order valence-electron chi connectivity index (χ1n) is 14.9. The highest BCUT2D eigenvalue weighted by atomic mass is 19.2. The molecule has 0 unspecified atom stereocenters. The predicted molar refractivity (Wildman–Crippen MR) is 158 cm³/mol. The Bertz CT molecular complexity index is 1250. The lowest BCUT2D eigenvalue weighted by atomic mass is 9.98. The van der Waals surface area contributed by atoms with Crippen LogP contribution >= 0.6 is 0 Å². The van der Waals surface area contributed by atoms with Crippen LogP contribution in [0.2, 0.25) is 0 Å². The second kappa shape index (κ2) is 15.8. The Morgan fingerprint density at radius 3 is 2.10 bits per heavy atom. The number of allylic oxidation sites excluding steroid dienone is 1. The molecule has 3 aromatic carbocycles. The smallest absolute Gasteiger partial charge is 0.201 e. The summed E-state index contributed by atoms with van der Waals surface area (Å²) in [5, 5.41) is 0. The van der Waals surface area contributed by atoms with Crippen molar-refractivity contribution in [2.24, 2.45) is 5.92 Å². The van der Waals surface area contributed by atoms with Gasteiger partial charge in [-0.3, -0.25) is 0 Å². The van der Waals surface area contributed by atoms with Gasteiger partial charge in [-0.15, -0.1) is 6.58 Å². The Hall–Kier alpha value is -3.09. The molecule has 1 fully saturated rings. The Labute approximate surface area is 242 Å². The number of halogens is 3. The third-order valence-electron chi connectivity index (χ3n) is 7.57. The second-order valence-corrected chi connectivity index (χ2v) is 10.8. The van der Waals surface area contributed by atoms with Crippen LogP contribution in [-0.2, 0) is 9.47 Å². The van der Waals surface area contributed by atoms with Gasteiger partial charge in [0, 0.05) is 22.6 Å². The van der Waals surface area contributed by atoms with Crippen LogP contribution in [-0.4, -0.2) is 19.8 Å². The molecule has 0 atom stereocenters. The number of ether oxygens (including phenoxy) is 3. The van der Waals surface area contributed by atoms with Crippen LogP contribution in [0.25, 0.3) is 22.3 Å². The van der Waals surface area contributed by atoms with Gasteiger partial charge in [0.2, 0.25) is 5.82 Å². The highest BCUT2D eigenvalue weighted by Crippen LogP contribution is 2.34. The zero-order valence-corrected chi connectivity index (χ0v) is 24.0. The third kappa shape index (κ3) is 8.46. The van der Waals surface area contributed by atoms with Crippen molar-refractivity contribution in [2.75, 3.05) is 19.8 Å². The van der Waals surface area contributed by atoms with Crippen molar-refractivity contribution in [3.8, 4) is 28.0 Å². The fourth-order valence-corrected chi connectivity index (χ4v) is 5.10. The van der Waals surface area contributed by atoms with Gasteiger partial charge in [-0.05, 0) is 48.6 Å². The number of benzene rings is 3. The first kappa shape index (κ1) is 30.9. The van der Waals surface area contributed by atoms with Gasteiger partial charge in [-0.2, -0.15) is 4.39 Å². The van der Waals surface area contributed by atoms with Gasteiger partial charge < -0.3 is 14.2 Å². The van der Waals surface area contributed by atoms with E-state index in [2.05, 4.69) is 13.5 Å². The van der Waals surface area contributed by atoms with Crippen LogP contribution in [0.15, 0.2) is 67.3 Å². The molecule has 0 saturated carbocycles. The average Bonchev–Trinajstić information content (AvgIpc) is 3.00. The maximum Gasteiger partial charge on any atom is 0.201 e. The lowest BCUT2D eigenvalue weighted by Gasteiger charge is -2.29. The molecule has 1 heterocycles. The van der Waals surface area contributed by atoms with Gasteiger partial charge in [0.25, 0.3) is 0 Å². The molecule has 1 aliphatic heterocycles. The van der Waals surface area contributed by atoms with E-state index in [0.717, 1.165) is 32.1 Å². The average molecular weight is 567 g/mol. The predicted octanol–water partition coefficient (Wildman–Crippen LogP) is 10.2. The van der Waals surface area contributed by atoms with Crippen LogP contribution in [0, 0.1) is 23.4 Å². The molecule has 6 heteroatoms. The van der Waals surface area contributed by atoms with E-state index in [1.54, 1.807) is 36.4 Å². The molecule has 0 aromatic heterocycles. The summed E-state index contributed by atoms with van der Waals surface area (Å²) in [6, 6.07) is 14.6. The SMILES string of the molecule is C=CCCC1COC(c2ccc(-c3ccc(-c4ccc(OCCCCCCCCC)c(F)c4F)cc3)c(F)c2)OC1. The zero-order valence-electron chi connectivity index (χ0n) is 24.0. The normalized spacial score (nSPS) is 17.0. The van der Waals surface area contributed by atoms with Crippen molar-refractivity contribution in [1.82, 2.24) is 0 Å². The molecule has 3 nitrogen and oxygen atoms in total. The molecule has 1 saturated heterocycles. The molecule has 0 spiro atoms. The standard InChI is InChI=1S/C35H41F3O3/c1-3-5-7-8-9-10-11-21-39-32-20-19-30(33(37)34(32)38)27-15-13-26(14-16-27)29-18-17-28(22-31(29)36)35-40-23-25(24-41-35)12-6-4-2/h4,13-20,22,25,35H,2-3,5-12,21,23-24H2,1H3. The first-order valence-corrected chi connectivity index (χ1v) is 14.9. The molecule has 220 valence electrons. The van der Waals surface area contributed by atoms with Crippen molar-refractivity contribution in [1.29, 1.82) is 0 Å². The highest BCUT2D eigenvalue weighted by molar-refractivity contribution is 5.71. The van der Waals surface area contributed by atoms with Crippen LogP contribution in [0.4, 0.5) is 13.2 Å². The molecule has 4 rings (SSSR count). The van der Waals surface area contributed by atoms with Gasteiger partial charge in [0.1, 0.15) is 5.82 Å². The van der Waals surface area contributed by atoms with Gasteiger partial charge in [0.15, 0.2) is 17.9 Å². The number of unbranched alkanes of at least 4 members (excludes halogenated alkanes) is 6. The summed E-state index contributed by atoms with van der Waals surface area (Å²) in [5.74, 6) is -2.12. The van der Waals surface area contributed by atoms with E-state index >= 15 is 4.39 Å². The summed E-state index contributed by atoms with van der Waals surface area (Å²) < 4.78 is 62.0. The topological polar surface area (TPSA) is 27.7 Å². The van der Waals surface area contributed by atoms with E-state index in [1.165, 1.54) is 43.9 Å². The molecular weight excluding hydrogens is 525 g/mol. The lowest BCUT2D eigenvalue weighted by molar-refractivity contribution is -0.205. The minimum absolute atomic E-state index is 0.0748. The monoisotopic (exact) mass is 566 g/mol.